The molecule has 4 rings (SSSR count). The number of esters is 2. The number of carbonyl (C=O) groups excluding carboxylic acids is 2. The predicted octanol–water partition coefficient (Wildman–Crippen LogP) is 5.05. The van der Waals surface area contributed by atoms with Crippen molar-refractivity contribution in [3.8, 4) is 0 Å². The van der Waals surface area contributed by atoms with Gasteiger partial charge in [-0.05, 0) is 44.5 Å². The monoisotopic (exact) mass is 480 g/mol. The van der Waals surface area contributed by atoms with Crippen LogP contribution in [0.25, 0.3) is 5.57 Å². The lowest BCUT2D eigenvalue weighted by Crippen LogP contribution is -2.44. The zero-order valence-electron chi connectivity index (χ0n) is 19.0. The van der Waals surface area contributed by atoms with E-state index in [4.69, 9.17) is 21.7 Å². The molecule has 0 bridgehead atoms. The van der Waals surface area contributed by atoms with E-state index in [1.165, 1.54) is 26.0 Å². The number of fused-ring (bicyclic) bond motifs is 1. The quantitative estimate of drug-likeness (QED) is 0.372. The molecule has 33 heavy (non-hydrogen) atoms. The lowest BCUT2D eigenvalue weighted by atomic mass is 9.85. The third-order valence-corrected chi connectivity index (χ3v) is 7.36. The van der Waals surface area contributed by atoms with Crippen LogP contribution in [-0.4, -0.2) is 36.6 Å². The van der Waals surface area contributed by atoms with Crippen LogP contribution in [0.5, 0.6) is 0 Å². The smallest absolute Gasteiger partial charge is 0.356 e. The van der Waals surface area contributed by atoms with Crippen molar-refractivity contribution >= 4 is 57.7 Å². The van der Waals surface area contributed by atoms with Gasteiger partial charge in [0.1, 0.15) is 4.91 Å². The first-order valence-electron chi connectivity index (χ1n) is 10.3. The number of nitrogens with zero attached hydrogens (tertiary/aromatic N) is 1. The van der Waals surface area contributed by atoms with Crippen LogP contribution in [0.4, 0.5) is 11.4 Å². The molecule has 0 unspecified atom stereocenters. The van der Waals surface area contributed by atoms with E-state index in [1.807, 2.05) is 69.3 Å². The normalized spacial score (nSPS) is 19.2. The Balaban J connectivity index is 2.08. The molecule has 2 aliphatic heterocycles. The first-order valence-corrected chi connectivity index (χ1v) is 11.5. The summed E-state index contributed by atoms with van der Waals surface area (Å²) < 4.78 is 10.1. The van der Waals surface area contributed by atoms with Crippen LogP contribution in [-0.2, 0) is 19.1 Å². The average molecular weight is 481 g/mol. The fourth-order valence-corrected chi connectivity index (χ4v) is 5.49. The SMILES string of the molecule is COC(=O)C1=C(C(=O)OC)N(c2cccc(C)c2)/C(=C2/C(=S)C(C)(C)Nc3ccccc32)S1. The number of ether oxygens (including phenoxy) is 2. The summed E-state index contributed by atoms with van der Waals surface area (Å²) in [4.78, 5) is 28.3. The van der Waals surface area contributed by atoms with Crippen molar-refractivity contribution in [2.45, 2.75) is 26.3 Å². The van der Waals surface area contributed by atoms with Gasteiger partial charge in [0, 0.05) is 22.5 Å². The minimum Gasteiger partial charge on any atom is -0.465 e. The summed E-state index contributed by atoms with van der Waals surface area (Å²) in [6.45, 7) is 5.99. The van der Waals surface area contributed by atoms with Crippen molar-refractivity contribution < 1.29 is 19.1 Å². The van der Waals surface area contributed by atoms with Crippen LogP contribution in [0.1, 0.15) is 25.0 Å². The minimum atomic E-state index is -0.632. The molecule has 1 N–H and O–H groups in total. The largest absolute Gasteiger partial charge is 0.465 e. The van der Waals surface area contributed by atoms with Crippen molar-refractivity contribution in [2.24, 2.45) is 0 Å². The Morgan fingerprint density at radius 2 is 1.73 bits per heavy atom. The number of nitrogens with one attached hydrogen (secondary N) is 1. The van der Waals surface area contributed by atoms with Gasteiger partial charge in [-0.2, -0.15) is 0 Å². The van der Waals surface area contributed by atoms with E-state index in [1.54, 1.807) is 4.90 Å². The molecule has 0 radical (unpaired) electrons. The molecule has 2 heterocycles. The van der Waals surface area contributed by atoms with Crippen molar-refractivity contribution in [1.29, 1.82) is 0 Å². The summed E-state index contributed by atoms with van der Waals surface area (Å²) in [6, 6.07) is 15.6. The van der Waals surface area contributed by atoms with Gasteiger partial charge in [-0.15, -0.1) is 0 Å². The molecule has 0 aromatic heterocycles. The number of para-hydroxylation sites is 1. The molecule has 2 aromatic rings. The summed E-state index contributed by atoms with van der Waals surface area (Å²) in [7, 11) is 2.59. The maximum Gasteiger partial charge on any atom is 0.356 e. The Hall–Kier alpha value is -3.10. The highest BCUT2D eigenvalue weighted by molar-refractivity contribution is 8.08. The van der Waals surface area contributed by atoms with Gasteiger partial charge in [0.25, 0.3) is 0 Å². The summed E-state index contributed by atoms with van der Waals surface area (Å²) in [6.07, 6.45) is 0. The Bertz CT molecular complexity index is 1250. The highest BCUT2D eigenvalue weighted by Crippen LogP contribution is 2.51. The number of carbonyl (C=O) groups is 2. The number of hydrogen-bond donors (Lipinski definition) is 1. The first kappa shape index (κ1) is 23.1. The fourth-order valence-electron chi connectivity index (χ4n) is 3.93. The molecule has 0 amide bonds. The molecule has 0 saturated carbocycles. The molecule has 8 heteroatoms. The molecule has 6 nitrogen and oxygen atoms in total. The Kier molecular flexibility index (Phi) is 6.07. The molecule has 0 saturated heterocycles. The molecule has 0 atom stereocenters. The average Bonchev–Trinajstić information content (AvgIpc) is 3.18. The number of thioether (sulfide) groups is 1. The number of hydrogen-bond acceptors (Lipinski definition) is 8. The second-order valence-electron chi connectivity index (χ2n) is 8.24. The molecular formula is C25H24N2O4S2. The maximum absolute atomic E-state index is 13.0. The minimum absolute atomic E-state index is 0.110. The van der Waals surface area contributed by atoms with Gasteiger partial charge in [-0.1, -0.05) is 54.3 Å². The summed E-state index contributed by atoms with van der Waals surface area (Å²) >= 11 is 7.13. The molecule has 0 aliphatic carbocycles. The van der Waals surface area contributed by atoms with Crippen molar-refractivity contribution in [2.75, 3.05) is 24.4 Å². The summed E-state index contributed by atoms with van der Waals surface area (Å²) in [5.41, 5.74) is 3.93. The Morgan fingerprint density at radius 1 is 1.03 bits per heavy atom. The number of thiocarbonyl (C=S) groups is 1. The van der Waals surface area contributed by atoms with Crippen LogP contribution in [0.2, 0.25) is 0 Å². The molecule has 2 aliphatic rings. The maximum atomic E-state index is 13.0. The summed E-state index contributed by atoms with van der Waals surface area (Å²) in [5.74, 6) is -1.24. The van der Waals surface area contributed by atoms with Crippen molar-refractivity contribution in [3.05, 3.63) is 75.3 Å². The van der Waals surface area contributed by atoms with Gasteiger partial charge in [-0.25, -0.2) is 9.59 Å². The lowest BCUT2D eigenvalue weighted by Gasteiger charge is -2.38. The molecule has 170 valence electrons. The Labute approximate surface area is 202 Å². The van der Waals surface area contributed by atoms with E-state index < -0.39 is 17.5 Å². The molecular weight excluding hydrogens is 456 g/mol. The number of rotatable bonds is 3. The molecule has 0 fully saturated rings. The van der Waals surface area contributed by atoms with Crippen LogP contribution in [0, 0.1) is 6.92 Å². The number of benzene rings is 2. The van der Waals surface area contributed by atoms with E-state index in [0.29, 0.717) is 9.89 Å². The van der Waals surface area contributed by atoms with Crippen molar-refractivity contribution in [1.82, 2.24) is 0 Å². The van der Waals surface area contributed by atoms with Gasteiger partial charge in [0.2, 0.25) is 0 Å². The number of methoxy groups -OCH3 is 2. The van der Waals surface area contributed by atoms with Gasteiger partial charge in [0.05, 0.1) is 29.7 Å². The van der Waals surface area contributed by atoms with E-state index in [-0.39, 0.29) is 10.6 Å². The zero-order valence-corrected chi connectivity index (χ0v) is 20.6. The van der Waals surface area contributed by atoms with Gasteiger partial charge in [-0.3, -0.25) is 4.90 Å². The Morgan fingerprint density at radius 3 is 2.39 bits per heavy atom. The van der Waals surface area contributed by atoms with E-state index >= 15 is 0 Å². The lowest BCUT2D eigenvalue weighted by molar-refractivity contribution is -0.138. The third kappa shape index (κ3) is 3.94. The van der Waals surface area contributed by atoms with Crippen molar-refractivity contribution in [3.63, 3.8) is 0 Å². The topological polar surface area (TPSA) is 67.9 Å². The van der Waals surface area contributed by atoms with Gasteiger partial charge >= 0.3 is 11.9 Å². The standard InChI is InChI=1S/C25H24N2O4S2/c1-14-9-8-10-15(13-14)27-19(23(28)30-4)20(24(29)31-5)33-22(27)18-16-11-6-7-12-17(16)26-25(2,3)21(18)32/h6-13,26H,1-5H3/b22-18-. The van der Waals surface area contributed by atoms with Crippen LogP contribution >= 0.6 is 24.0 Å². The number of anilines is 2. The molecule has 2 aromatic carbocycles. The van der Waals surface area contributed by atoms with Gasteiger partial charge < -0.3 is 14.8 Å². The fraction of sp³-hybridized carbons (Fsp3) is 0.240. The first-order chi connectivity index (χ1) is 15.7. The van der Waals surface area contributed by atoms with Gasteiger partial charge in [0.15, 0.2) is 5.70 Å². The second kappa shape index (κ2) is 8.68. The molecule has 0 spiro atoms. The number of aryl methyl sites for hydroxylation is 1. The van der Waals surface area contributed by atoms with E-state index in [0.717, 1.165) is 28.1 Å². The van der Waals surface area contributed by atoms with E-state index in [2.05, 4.69) is 5.32 Å². The highest BCUT2D eigenvalue weighted by Gasteiger charge is 2.44. The van der Waals surface area contributed by atoms with Crippen LogP contribution in [0.15, 0.2) is 64.2 Å². The van der Waals surface area contributed by atoms with Crippen LogP contribution < -0.4 is 10.2 Å². The second-order valence-corrected chi connectivity index (χ2v) is 9.65. The zero-order chi connectivity index (χ0) is 23.9. The third-order valence-electron chi connectivity index (χ3n) is 5.50. The van der Waals surface area contributed by atoms with Crippen LogP contribution in [0.3, 0.4) is 0 Å². The van der Waals surface area contributed by atoms with E-state index in [9.17, 15) is 9.59 Å². The predicted molar refractivity (Wildman–Crippen MR) is 136 cm³/mol. The highest BCUT2D eigenvalue weighted by atomic mass is 32.2. The summed E-state index contributed by atoms with van der Waals surface area (Å²) in [5, 5.41) is 4.15.